The van der Waals surface area contributed by atoms with Crippen LogP contribution in [0.1, 0.15) is 49.8 Å². The molecule has 0 aliphatic carbocycles. The van der Waals surface area contributed by atoms with Crippen molar-refractivity contribution < 1.29 is 9.53 Å². The van der Waals surface area contributed by atoms with Crippen molar-refractivity contribution in [3.8, 4) is 0 Å². The first-order chi connectivity index (χ1) is 8.63. The van der Waals surface area contributed by atoms with Crippen molar-refractivity contribution in [3.05, 3.63) is 11.4 Å². The molecule has 1 unspecified atom stereocenters. The average Bonchev–Trinajstić information content (AvgIpc) is 2.72. The van der Waals surface area contributed by atoms with Crippen LogP contribution in [0.4, 0.5) is 0 Å². The van der Waals surface area contributed by atoms with Gasteiger partial charge in [-0.25, -0.2) is 9.48 Å². The van der Waals surface area contributed by atoms with Crippen molar-refractivity contribution in [2.45, 2.75) is 46.0 Å². The fourth-order valence-electron chi connectivity index (χ4n) is 1.85. The molecule has 1 atom stereocenters. The number of hydrogen-bond acceptors (Lipinski definition) is 4. The topological polar surface area (TPSA) is 57.0 Å². The fourth-order valence-corrected chi connectivity index (χ4v) is 2.11. The molecule has 0 N–H and O–H groups in total. The van der Waals surface area contributed by atoms with E-state index < -0.39 is 5.97 Å². The predicted molar refractivity (Wildman–Crippen MR) is 69.6 cm³/mol. The summed E-state index contributed by atoms with van der Waals surface area (Å²) in [6.07, 6.45) is 2.23. The Balaban J connectivity index is 2.84. The van der Waals surface area contributed by atoms with E-state index in [1.807, 2.05) is 0 Å². The third-order valence-electron chi connectivity index (χ3n) is 2.70. The predicted octanol–water partition coefficient (Wildman–Crippen LogP) is 2.63. The van der Waals surface area contributed by atoms with Crippen LogP contribution in [-0.4, -0.2) is 27.6 Å². The van der Waals surface area contributed by atoms with Gasteiger partial charge in [-0.2, -0.15) is 0 Å². The number of ether oxygens (including phenoxy) is 1. The Bertz CT molecular complexity index is 393. The molecule has 0 aliphatic rings. The number of hydrogen-bond donors (Lipinski definition) is 0. The summed E-state index contributed by atoms with van der Waals surface area (Å²) in [5, 5.41) is 7.87. The second-order valence-corrected chi connectivity index (χ2v) is 4.58. The van der Waals surface area contributed by atoms with Gasteiger partial charge in [-0.1, -0.05) is 25.5 Å². The normalized spacial score (nSPS) is 12.4. The molecule has 1 heterocycles. The minimum Gasteiger partial charge on any atom is -0.461 e. The average molecular weight is 274 g/mol. The van der Waals surface area contributed by atoms with Gasteiger partial charge in [0.05, 0.1) is 18.2 Å². The van der Waals surface area contributed by atoms with Crippen molar-refractivity contribution in [2.24, 2.45) is 5.92 Å². The monoisotopic (exact) mass is 273 g/mol. The van der Waals surface area contributed by atoms with Crippen LogP contribution < -0.4 is 0 Å². The molecule has 0 aromatic carbocycles. The highest BCUT2D eigenvalue weighted by molar-refractivity contribution is 6.17. The Morgan fingerprint density at radius 1 is 1.50 bits per heavy atom. The lowest BCUT2D eigenvalue weighted by atomic mass is 10.1. The Hall–Kier alpha value is -1.10. The number of carbonyl (C=O) groups excluding carboxylic acids is 1. The third kappa shape index (κ3) is 3.70. The lowest BCUT2D eigenvalue weighted by molar-refractivity contribution is 0.0518. The van der Waals surface area contributed by atoms with E-state index in [1.54, 1.807) is 11.6 Å². The second-order valence-electron chi connectivity index (χ2n) is 4.31. The van der Waals surface area contributed by atoms with Gasteiger partial charge in [0.2, 0.25) is 0 Å². The first kappa shape index (κ1) is 15.0. The summed E-state index contributed by atoms with van der Waals surface area (Å²) in [5.74, 6) is 0.233. The van der Waals surface area contributed by atoms with E-state index in [-0.39, 0.29) is 11.6 Å². The molecule has 18 heavy (non-hydrogen) atoms. The molecule has 0 saturated heterocycles. The van der Waals surface area contributed by atoms with Gasteiger partial charge in [0.1, 0.15) is 0 Å². The summed E-state index contributed by atoms with van der Waals surface area (Å²) < 4.78 is 6.63. The van der Waals surface area contributed by atoms with E-state index in [1.165, 1.54) is 0 Å². The number of rotatable bonds is 7. The maximum absolute atomic E-state index is 11.7. The summed E-state index contributed by atoms with van der Waals surface area (Å²) in [6, 6.07) is 0. The van der Waals surface area contributed by atoms with Crippen LogP contribution in [-0.2, 0) is 17.2 Å². The lowest BCUT2D eigenvalue weighted by Gasteiger charge is -2.11. The van der Waals surface area contributed by atoms with E-state index >= 15 is 0 Å². The number of esters is 1. The van der Waals surface area contributed by atoms with Gasteiger partial charge < -0.3 is 4.74 Å². The van der Waals surface area contributed by atoms with E-state index in [0.717, 1.165) is 19.4 Å². The summed E-state index contributed by atoms with van der Waals surface area (Å²) in [7, 11) is 0. The third-order valence-corrected chi connectivity index (χ3v) is 2.95. The highest BCUT2D eigenvalue weighted by Gasteiger charge is 2.20. The van der Waals surface area contributed by atoms with Gasteiger partial charge in [0, 0.05) is 6.54 Å². The van der Waals surface area contributed by atoms with Gasteiger partial charge in [-0.15, -0.1) is 16.7 Å². The lowest BCUT2D eigenvalue weighted by Crippen LogP contribution is -2.13. The molecule has 6 heteroatoms. The molecule has 1 aromatic heterocycles. The van der Waals surface area contributed by atoms with Crippen molar-refractivity contribution in [1.29, 1.82) is 0 Å². The molecular formula is C12H20ClN3O2. The van der Waals surface area contributed by atoms with E-state index in [0.29, 0.717) is 18.2 Å². The highest BCUT2D eigenvalue weighted by atomic mass is 35.5. The van der Waals surface area contributed by atoms with Crippen LogP contribution >= 0.6 is 11.6 Å². The van der Waals surface area contributed by atoms with Crippen LogP contribution in [0, 0.1) is 5.92 Å². The molecule has 0 amide bonds. The Kier molecular flexibility index (Phi) is 6.12. The van der Waals surface area contributed by atoms with E-state index in [4.69, 9.17) is 16.3 Å². The van der Waals surface area contributed by atoms with Gasteiger partial charge in [-0.05, 0) is 19.3 Å². The minimum atomic E-state index is -0.456. The number of alkyl halides is 1. The smallest absolute Gasteiger partial charge is 0.360 e. The molecule has 0 aliphatic heterocycles. The Labute approximate surface area is 112 Å². The van der Waals surface area contributed by atoms with E-state index in [2.05, 4.69) is 24.2 Å². The maximum atomic E-state index is 11.7. The van der Waals surface area contributed by atoms with Crippen LogP contribution in [0.5, 0.6) is 0 Å². The quantitative estimate of drug-likeness (QED) is 0.566. The molecule has 1 aromatic rings. The number of halogens is 1. The van der Waals surface area contributed by atoms with Gasteiger partial charge in [0.15, 0.2) is 5.69 Å². The zero-order chi connectivity index (χ0) is 13.5. The standard InChI is InChI=1S/C12H20ClN3O2/c1-4-6-9(3)8-16-10(7-13)11(14-15-16)12(17)18-5-2/h9H,4-8H2,1-3H3. The zero-order valence-electron chi connectivity index (χ0n) is 11.1. The van der Waals surface area contributed by atoms with Crippen LogP contribution in [0.3, 0.4) is 0 Å². The second kappa shape index (κ2) is 7.36. The summed E-state index contributed by atoms with van der Waals surface area (Å²) in [5.41, 5.74) is 0.869. The molecular weight excluding hydrogens is 254 g/mol. The zero-order valence-corrected chi connectivity index (χ0v) is 11.9. The number of carbonyl (C=O) groups is 1. The molecule has 0 saturated carbocycles. The Morgan fingerprint density at radius 3 is 2.78 bits per heavy atom. The molecule has 5 nitrogen and oxygen atoms in total. The van der Waals surface area contributed by atoms with Gasteiger partial charge in [0.25, 0.3) is 0 Å². The van der Waals surface area contributed by atoms with Crippen LogP contribution in [0.25, 0.3) is 0 Å². The molecule has 102 valence electrons. The summed E-state index contributed by atoms with van der Waals surface area (Å²) in [4.78, 5) is 11.7. The van der Waals surface area contributed by atoms with Crippen molar-refractivity contribution in [2.75, 3.05) is 6.61 Å². The summed E-state index contributed by atoms with van der Waals surface area (Å²) in [6.45, 7) is 7.09. The largest absolute Gasteiger partial charge is 0.461 e. The van der Waals surface area contributed by atoms with Crippen LogP contribution in [0.15, 0.2) is 0 Å². The van der Waals surface area contributed by atoms with Crippen molar-refractivity contribution in [1.82, 2.24) is 15.0 Å². The van der Waals surface area contributed by atoms with Gasteiger partial charge >= 0.3 is 5.97 Å². The van der Waals surface area contributed by atoms with E-state index in [9.17, 15) is 4.79 Å². The number of nitrogens with zero attached hydrogens (tertiary/aromatic N) is 3. The SMILES string of the molecule is CCCC(C)Cn1nnc(C(=O)OCC)c1CCl. The van der Waals surface area contributed by atoms with Gasteiger partial charge in [-0.3, -0.25) is 0 Å². The number of aromatic nitrogens is 3. The molecule has 0 bridgehead atoms. The molecule has 1 rings (SSSR count). The van der Waals surface area contributed by atoms with Crippen molar-refractivity contribution in [3.63, 3.8) is 0 Å². The fraction of sp³-hybridized carbons (Fsp3) is 0.750. The summed E-state index contributed by atoms with van der Waals surface area (Å²) >= 11 is 5.87. The van der Waals surface area contributed by atoms with Crippen LogP contribution in [0.2, 0.25) is 0 Å². The molecule has 0 radical (unpaired) electrons. The first-order valence-electron chi connectivity index (χ1n) is 6.29. The highest BCUT2D eigenvalue weighted by Crippen LogP contribution is 2.14. The molecule has 0 fully saturated rings. The minimum absolute atomic E-state index is 0.208. The Morgan fingerprint density at radius 2 is 2.22 bits per heavy atom. The van der Waals surface area contributed by atoms with Crippen molar-refractivity contribution >= 4 is 17.6 Å². The first-order valence-corrected chi connectivity index (χ1v) is 6.82. The molecule has 0 spiro atoms. The maximum Gasteiger partial charge on any atom is 0.360 e.